The quantitative estimate of drug-likeness (QED) is 0.218. The van der Waals surface area contributed by atoms with Gasteiger partial charge in [0.25, 0.3) is 0 Å². The van der Waals surface area contributed by atoms with Gasteiger partial charge >= 0.3 is 0 Å². The second-order valence-electron chi connectivity index (χ2n) is 7.67. The molecule has 7 heteroatoms. The summed E-state index contributed by atoms with van der Waals surface area (Å²) < 4.78 is 17.4. The molecule has 0 spiro atoms. The van der Waals surface area contributed by atoms with Gasteiger partial charge in [-0.2, -0.15) is 0 Å². The van der Waals surface area contributed by atoms with Gasteiger partial charge in [0.2, 0.25) is 0 Å². The largest absolute Gasteiger partial charge is 0.493 e. The van der Waals surface area contributed by atoms with E-state index in [1.54, 1.807) is 7.05 Å². The van der Waals surface area contributed by atoms with Crippen LogP contribution < -0.4 is 20.1 Å². The van der Waals surface area contributed by atoms with Crippen molar-refractivity contribution < 1.29 is 14.2 Å². The Morgan fingerprint density at radius 3 is 2.68 bits per heavy atom. The summed E-state index contributed by atoms with van der Waals surface area (Å²) in [6.45, 7) is 8.32. The number of rotatable bonds is 9. The first kappa shape index (κ1) is 25.3. The van der Waals surface area contributed by atoms with Crippen molar-refractivity contribution in [1.29, 1.82) is 0 Å². The minimum absolute atomic E-state index is 0. The second-order valence-corrected chi connectivity index (χ2v) is 7.67. The van der Waals surface area contributed by atoms with E-state index in [2.05, 4.69) is 53.7 Å². The van der Waals surface area contributed by atoms with Gasteiger partial charge in [-0.05, 0) is 49.6 Å². The summed E-state index contributed by atoms with van der Waals surface area (Å²) in [5.74, 6) is 3.02. The van der Waals surface area contributed by atoms with E-state index in [0.717, 1.165) is 42.7 Å². The van der Waals surface area contributed by atoms with Gasteiger partial charge in [-0.1, -0.05) is 24.3 Å². The number of aliphatic imine (C=N–C) groups is 1. The summed E-state index contributed by atoms with van der Waals surface area (Å²) in [4.78, 5) is 4.30. The van der Waals surface area contributed by atoms with Crippen LogP contribution in [0.25, 0.3) is 0 Å². The zero-order valence-electron chi connectivity index (χ0n) is 18.6. The number of halogens is 1. The Morgan fingerprint density at radius 1 is 1.10 bits per heavy atom. The lowest BCUT2D eigenvalue weighted by Crippen LogP contribution is -2.39. The van der Waals surface area contributed by atoms with E-state index in [9.17, 15) is 0 Å². The van der Waals surface area contributed by atoms with E-state index >= 15 is 0 Å². The summed E-state index contributed by atoms with van der Waals surface area (Å²) in [6, 6.07) is 14.4. The third kappa shape index (κ3) is 8.57. The molecule has 2 N–H and O–H groups in total. The highest BCUT2D eigenvalue weighted by molar-refractivity contribution is 14.0. The van der Waals surface area contributed by atoms with Crippen LogP contribution in [0.1, 0.15) is 23.1 Å². The Hall–Kier alpha value is -2.00. The molecule has 3 rings (SSSR count). The van der Waals surface area contributed by atoms with E-state index in [1.165, 1.54) is 11.1 Å². The number of hydrogen-bond donors (Lipinski definition) is 2. The molecule has 1 saturated heterocycles. The van der Waals surface area contributed by atoms with Crippen LogP contribution in [0, 0.1) is 19.8 Å². The number of aryl methyl sites for hydroxylation is 2. The zero-order chi connectivity index (χ0) is 21.2. The van der Waals surface area contributed by atoms with Gasteiger partial charge in [-0.15, -0.1) is 24.0 Å². The molecule has 0 aliphatic carbocycles. The maximum Gasteiger partial charge on any atom is 0.191 e. The standard InChI is InChI=1S/C24H33N3O3.HI/c1-18-5-4-6-22(13-18)29-12-10-26-24(25-3)27-15-21-8-7-19(2)14-23(21)30-17-20-9-11-28-16-20;/h4-8,13-14,20H,9-12,15-17H2,1-3H3,(H2,25,26,27);1H. The fraction of sp³-hybridized carbons (Fsp3) is 0.458. The van der Waals surface area contributed by atoms with Crippen molar-refractivity contribution in [1.82, 2.24) is 10.6 Å². The predicted octanol–water partition coefficient (Wildman–Crippen LogP) is 4.08. The first-order valence-electron chi connectivity index (χ1n) is 10.6. The SMILES string of the molecule is CN=C(NCCOc1cccc(C)c1)NCc1ccc(C)cc1OCC1CCOC1.I. The molecule has 2 aromatic carbocycles. The minimum Gasteiger partial charge on any atom is -0.493 e. The number of nitrogens with one attached hydrogen (secondary N) is 2. The van der Waals surface area contributed by atoms with Crippen LogP contribution in [0.15, 0.2) is 47.5 Å². The van der Waals surface area contributed by atoms with Crippen molar-refractivity contribution in [2.45, 2.75) is 26.8 Å². The normalized spacial score (nSPS) is 15.8. The van der Waals surface area contributed by atoms with E-state index < -0.39 is 0 Å². The molecule has 0 saturated carbocycles. The first-order valence-corrected chi connectivity index (χ1v) is 10.6. The smallest absolute Gasteiger partial charge is 0.191 e. The molecule has 0 bridgehead atoms. The molecule has 1 fully saturated rings. The first-order chi connectivity index (χ1) is 14.6. The molecule has 0 radical (unpaired) electrons. The summed E-state index contributed by atoms with van der Waals surface area (Å²) >= 11 is 0. The summed E-state index contributed by atoms with van der Waals surface area (Å²) in [5, 5.41) is 6.65. The van der Waals surface area contributed by atoms with E-state index in [4.69, 9.17) is 14.2 Å². The molecule has 31 heavy (non-hydrogen) atoms. The van der Waals surface area contributed by atoms with Gasteiger partial charge in [0.15, 0.2) is 5.96 Å². The van der Waals surface area contributed by atoms with Crippen molar-refractivity contribution in [3.63, 3.8) is 0 Å². The lowest BCUT2D eigenvalue weighted by atomic mass is 10.1. The van der Waals surface area contributed by atoms with Gasteiger partial charge in [0.05, 0.1) is 19.8 Å². The third-order valence-electron chi connectivity index (χ3n) is 5.04. The molecular weight excluding hydrogens is 505 g/mol. The highest BCUT2D eigenvalue weighted by Crippen LogP contribution is 2.22. The predicted molar refractivity (Wildman–Crippen MR) is 136 cm³/mol. The lowest BCUT2D eigenvalue weighted by molar-refractivity contribution is 0.166. The monoisotopic (exact) mass is 539 g/mol. The van der Waals surface area contributed by atoms with Gasteiger partial charge < -0.3 is 24.8 Å². The van der Waals surface area contributed by atoms with E-state index in [-0.39, 0.29) is 24.0 Å². The summed E-state index contributed by atoms with van der Waals surface area (Å²) in [6.07, 6.45) is 1.07. The fourth-order valence-electron chi connectivity index (χ4n) is 3.31. The molecule has 6 nitrogen and oxygen atoms in total. The van der Waals surface area contributed by atoms with Crippen LogP contribution in [0.3, 0.4) is 0 Å². The highest BCUT2D eigenvalue weighted by atomic mass is 127. The average Bonchev–Trinajstić information content (AvgIpc) is 3.26. The average molecular weight is 539 g/mol. The molecule has 1 heterocycles. The zero-order valence-corrected chi connectivity index (χ0v) is 21.0. The van der Waals surface area contributed by atoms with Crippen LogP contribution in [-0.2, 0) is 11.3 Å². The molecule has 0 amide bonds. The molecule has 0 aromatic heterocycles. The molecular formula is C24H34IN3O3. The van der Waals surface area contributed by atoms with Crippen molar-refractivity contribution in [3.8, 4) is 11.5 Å². The van der Waals surface area contributed by atoms with E-state index in [1.807, 2.05) is 18.2 Å². The van der Waals surface area contributed by atoms with Crippen LogP contribution in [0.2, 0.25) is 0 Å². The minimum atomic E-state index is 0. The van der Waals surface area contributed by atoms with Crippen molar-refractivity contribution in [2.75, 3.05) is 40.0 Å². The Balaban J connectivity index is 0.00000341. The molecule has 1 aliphatic heterocycles. The molecule has 1 atom stereocenters. The van der Waals surface area contributed by atoms with Crippen LogP contribution in [-0.4, -0.2) is 46.0 Å². The summed E-state index contributed by atoms with van der Waals surface area (Å²) in [7, 11) is 1.77. The molecule has 2 aromatic rings. The fourth-order valence-corrected chi connectivity index (χ4v) is 3.31. The van der Waals surface area contributed by atoms with Gasteiger partial charge in [-0.3, -0.25) is 4.99 Å². The number of hydrogen-bond acceptors (Lipinski definition) is 4. The molecule has 1 aliphatic rings. The molecule has 1 unspecified atom stereocenters. The van der Waals surface area contributed by atoms with Crippen molar-refractivity contribution in [3.05, 3.63) is 59.2 Å². The topological polar surface area (TPSA) is 64.1 Å². The number of guanidine groups is 1. The van der Waals surface area contributed by atoms with Crippen LogP contribution >= 0.6 is 24.0 Å². The maximum absolute atomic E-state index is 6.12. The maximum atomic E-state index is 6.12. The van der Waals surface area contributed by atoms with Crippen LogP contribution in [0.5, 0.6) is 11.5 Å². The van der Waals surface area contributed by atoms with Gasteiger partial charge in [0, 0.05) is 31.7 Å². The number of nitrogens with zero attached hydrogens (tertiary/aromatic N) is 1. The number of ether oxygens (including phenoxy) is 3. The third-order valence-corrected chi connectivity index (χ3v) is 5.04. The van der Waals surface area contributed by atoms with Crippen molar-refractivity contribution >= 4 is 29.9 Å². The highest BCUT2D eigenvalue weighted by Gasteiger charge is 2.17. The Kier molecular flexibility index (Phi) is 10.9. The van der Waals surface area contributed by atoms with Gasteiger partial charge in [-0.25, -0.2) is 0 Å². The Labute approximate surface area is 202 Å². The molecule has 170 valence electrons. The van der Waals surface area contributed by atoms with Gasteiger partial charge in [0.1, 0.15) is 18.1 Å². The Morgan fingerprint density at radius 2 is 1.94 bits per heavy atom. The second kappa shape index (κ2) is 13.4. The lowest BCUT2D eigenvalue weighted by Gasteiger charge is -2.17. The Bertz CT molecular complexity index is 839. The summed E-state index contributed by atoms with van der Waals surface area (Å²) in [5.41, 5.74) is 3.49. The van der Waals surface area contributed by atoms with Crippen LogP contribution in [0.4, 0.5) is 0 Å². The van der Waals surface area contributed by atoms with E-state index in [0.29, 0.717) is 32.2 Å². The number of benzene rings is 2. The van der Waals surface area contributed by atoms with Crippen molar-refractivity contribution in [2.24, 2.45) is 10.9 Å².